The molecule has 14 heteroatoms. The molecule has 2 aliphatic heterocycles. The normalized spacial score (nSPS) is 22.8. The number of hydrogen-bond donors (Lipinski definition) is 6. The Bertz CT molecular complexity index is 842. The Morgan fingerprint density at radius 3 is 1.58 bits per heavy atom. The van der Waals surface area contributed by atoms with Crippen LogP contribution in [0.4, 0.5) is 0 Å². The molecule has 0 aromatic rings. The predicted molar refractivity (Wildman–Crippen MR) is 112 cm³/mol. The smallest absolute Gasteiger partial charge is 0.245 e. The van der Waals surface area contributed by atoms with E-state index in [2.05, 4.69) is 31.9 Å². The minimum atomic E-state index is -0.937. The summed E-state index contributed by atoms with van der Waals surface area (Å²) in [6.07, 6.45) is 4.28. The van der Waals surface area contributed by atoms with E-state index in [1.54, 1.807) is 6.08 Å². The third-order valence-electron chi connectivity index (χ3n) is 4.61. The standard InChI is InChI=1S/C19H27N7O7/c27-13-6-20-14(28)7-22-16(30)9-24-18(32)11-26-5-3-1-2-4-12(19(26)33)25-17(31)10-23-15(29)8-21-13/h1-2,12H,3-11H2,(H,20,28)(H,21,27)(H,22,30)(H,23,29)(H,24,32)(H,25,31). The van der Waals surface area contributed by atoms with Crippen molar-refractivity contribution in [3.05, 3.63) is 12.2 Å². The zero-order chi connectivity index (χ0) is 24.2. The quantitative estimate of drug-likeness (QED) is 0.193. The first-order valence-corrected chi connectivity index (χ1v) is 10.3. The van der Waals surface area contributed by atoms with E-state index in [9.17, 15) is 33.6 Å². The summed E-state index contributed by atoms with van der Waals surface area (Å²) in [6.45, 7) is -2.20. The zero-order valence-electron chi connectivity index (χ0n) is 17.9. The van der Waals surface area contributed by atoms with Gasteiger partial charge in [0.25, 0.3) is 0 Å². The molecule has 2 aliphatic rings. The Morgan fingerprint density at radius 1 is 0.606 bits per heavy atom. The maximum atomic E-state index is 12.8. The molecule has 0 aromatic carbocycles. The molecule has 2 heterocycles. The van der Waals surface area contributed by atoms with Gasteiger partial charge in [-0.1, -0.05) is 12.2 Å². The summed E-state index contributed by atoms with van der Waals surface area (Å²) in [5.41, 5.74) is 0. The molecule has 2 bridgehead atoms. The third kappa shape index (κ3) is 9.37. The van der Waals surface area contributed by atoms with Gasteiger partial charge in [-0.3, -0.25) is 33.6 Å². The largest absolute Gasteiger partial charge is 0.346 e. The Balaban J connectivity index is 2.08. The summed E-state index contributed by atoms with van der Waals surface area (Å²) >= 11 is 0. The van der Waals surface area contributed by atoms with Crippen LogP contribution >= 0.6 is 0 Å². The van der Waals surface area contributed by atoms with E-state index < -0.39 is 80.1 Å². The van der Waals surface area contributed by atoms with Crippen LogP contribution in [0, 0.1) is 0 Å². The molecule has 6 N–H and O–H groups in total. The monoisotopic (exact) mass is 465 g/mol. The van der Waals surface area contributed by atoms with Crippen molar-refractivity contribution < 1.29 is 33.6 Å². The molecule has 1 saturated heterocycles. The first-order chi connectivity index (χ1) is 15.7. The highest BCUT2D eigenvalue weighted by Gasteiger charge is 2.27. The SMILES string of the molecule is O=C1CNC(=O)CNC(=O)CN2CCC=CCC(NC(=O)CNC(=O)CNC(=O)CN1)C2=O. The van der Waals surface area contributed by atoms with Crippen molar-refractivity contribution in [2.75, 3.05) is 45.8 Å². The molecule has 0 saturated carbocycles. The Labute approximate surface area is 189 Å². The van der Waals surface area contributed by atoms with Crippen LogP contribution in [0.1, 0.15) is 12.8 Å². The lowest BCUT2D eigenvalue weighted by Gasteiger charge is -2.28. The third-order valence-corrected chi connectivity index (χ3v) is 4.61. The Morgan fingerprint density at radius 2 is 1.06 bits per heavy atom. The van der Waals surface area contributed by atoms with E-state index in [1.807, 2.05) is 6.08 Å². The molecule has 0 aromatic heterocycles. The van der Waals surface area contributed by atoms with Gasteiger partial charge in [0.05, 0.1) is 39.3 Å². The van der Waals surface area contributed by atoms with Gasteiger partial charge in [0, 0.05) is 6.54 Å². The van der Waals surface area contributed by atoms with Crippen molar-refractivity contribution in [1.29, 1.82) is 0 Å². The number of hydrogen-bond acceptors (Lipinski definition) is 7. The molecular formula is C19H27N7O7. The summed E-state index contributed by atoms with van der Waals surface area (Å²) in [7, 11) is 0. The van der Waals surface area contributed by atoms with Crippen molar-refractivity contribution in [3.8, 4) is 0 Å². The van der Waals surface area contributed by atoms with Crippen LogP contribution in [0.5, 0.6) is 0 Å². The van der Waals surface area contributed by atoms with Gasteiger partial charge >= 0.3 is 0 Å². The van der Waals surface area contributed by atoms with Crippen molar-refractivity contribution in [3.63, 3.8) is 0 Å². The van der Waals surface area contributed by atoms with Crippen LogP contribution in [0.15, 0.2) is 12.2 Å². The van der Waals surface area contributed by atoms with Gasteiger partial charge in [0.2, 0.25) is 41.4 Å². The molecule has 1 fully saturated rings. The first kappa shape index (κ1) is 25.3. The Kier molecular flexibility index (Phi) is 9.80. The van der Waals surface area contributed by atoms with Gasteiger partial charge in [-0.25, -0.2) is 0 Å². The molecular weight excluding hydrogens is 438 g/mol. The zero-order valence-corrected chi connectivity index (χ0v) is 17.9. The summed E-state index contributed by atoms with van der Waals surface area (Å²) in [4.78, 5) is 85.6. The van der Waals surface area contributed by atoms with Gasteiger partial charge in [-0.05, 0) is 12.8 Å². The molecule has 7 amide bonds. The lowest BCUT2D eigenvalue weighted by Crippen LogP contribution is -2.53. The number of carbonyl (C=O) groups is 7. The molecule has 1 atom stereocenters. The minimum Gasteiger partial charge on any atom is -0.346 e. The molecule has 14 nitrogen and oxygen atoms in total. The molecule has 0 spiro atoms. The van der Waals surface area contributed by atoms with Crippen LogP contribution < -0.4 is 31.9 Å². The topological polar surface area (TPSA) is 195 Å². The fraction of sp³-hybridized carbons (Fsp3) is 0.526. The molecule has 180 valence electrons. The second kappa shape index (κ2) is 12.8. The fourth-order valence-electron chi connectivity index (χ4n) is 2.91. The molecule has 2 rings (SSSR count). The van der Waals surface area contributed by atoms with Gasteiger partial charge in [-0.15, -0.1) is 0 Å². The summed E-state index contributed by atoms with van der Waals surface area (Å²) in [6, 6.07) is -0.937. The Hall–Kier alpha value is -3.97. The van der Waals surface area contributed by atoms with Crippen molar-refractivity contribution in [1.82, 2.24) is 36.8 Å². The molecule has 0 radical (unpaired) electrons. The van der Waals surface area contributed by atoms with Gasteiger partial charge in [-0.2, -0.15) is 0 Å². The lowest BCUT2D eigenvalue weighted by atomic mass is 10.1. The molecule has 33 heavy (non-hydrogen) atoms. The molecule has 0 aliphatic carbocycles. The molecule has 1 unspecified atom stereocenters. The van der Waals surface area contributed by atoms with E-state index in [0.29, 0.717) is 6.42 Å². The van der Waals surface area contributed by atoms with E-state index in [4.69, 9.17) is 0 Å². The summed E-state index contributed by atoms with van der Waals surface area (Å²) in [5, 5.41) is 14.0. The first-order valence-electron chi connectivity index (χ1n) is 10.3. The maximum absolute atomic E-state index is 12.8. The highest BCUT2D eigenvalue weighted by atomic mass is 16.2. The van der Waals surface area contributed by atoms with Crippen LogP contribution in [0.25, 0.3) is 0 Å². The predicted octanol–water partition coefficient (Wildman–Crippen LogP) is -4.76. The van der Waals surface area contributed by atoms with Crippen LogP contribution in [0.3, 0.4) is 0 Å². The highest BCUT2D eigenvalue weighted by molar-refractivity contribution is 5.94. The number of rotatable bonds is 0. The highest BCUT2D eigenvalue weighted by Crippen LogP contribution is 2.07. The van der Waals surface area contributed by atoms with Crippen molar-refractivity contribution in [2.24, 2.45) is 0 Å². The van der Waals surface area contributed by atoms with Gasteiger partial charge in [0.1, 0.15) is 6.04 Å². The average Bonchev–Trinajstić information content (AvgIpc) is 2.78. The number of nitrogens with one attached hydrogen (secondary N) is 6. The fourth-order valence-corrected chi connectivity index (χ4v) is 2.91. The van der Waals surface area contributed by atoms with E-state index in [0.717, 1.165) is 0 Å². The van der Waals surface area contributed by atoms with E-state index in [1.165, 1.54) is 4.90 Å². The van der Waals surface area contributed by atoms with E-state index in [-0.39, 0.29) is 19.5 Å². The maximum Gasteiger partial charge on any atom is 0.245 e. The number of fused-ring (bicyclic) bond motifs is 2. The van der Waals surface area contributed by atoms with Gasteiger partial charge < -0.3 is 36.8 Å². The second-order valence-corrected chi connectivity index (χ2v) is 7.26. The van der Waals surface area contributed by atoms with E-state index >= 15 is 0 Å². The summed E-state index contributed by atoms with van der Waals surface area (Å²) in [5.74, 6) is -4.29. The summed E-state index contributed by atoms with van der Waals surface area (Å²) < 4.78 is 0. The van der Waals surface area contributed by atoms with Crippen LogP contribution in [0.2, 0.25) is 0 Å². The van der Waals surface area contributed by atoms with Crippen molar-refractivity contribution >= 4 is 41.4 Å². The second-order valence-electron chi connectivity index (χ2n) is 7.26. The number of amides is 7. The average molecular weight is 465 g/mol. The van der Waals surface area contributed by atoms with Gasteiger partial charge in [0.15, 0.2) is 0 Å². The van der Waals surface area contributed by atoms with Crippen LogP contribution in [-0.4, -0.2) is 98.1 Å². The van der Waals surface area contributed by atoms with Crippen LogP contribution in [-0.2, 0) is 33.6 Å². The number of nitrogens with zero attached hydrogens (tertiary/aromatic N) is 1. The minimum absolute atomic E-state index is 0.204. The van der Waals surface area contributed by atoms with Crippen molar-refractivity contribution in [2.45, 2.75) is 18.9 Å². The lowest BCUT2D eigenvalue weighted by molar-refractivity contribution is -0.139. The number of carbonyl (C=O) groups excluding carboxylic acids is 7.